The van der Waals surface area contributed by atoms with Crippen LogP contribution in [0.5, 0.6) is 5.75 Å². The van der Waals surface area contributed by atoms with Gasteiger partial charge in [-0.3, -0.25) is 4.79 Å². The van der Waals surface area contributed by atoms with Crippen LogP contribution in [-0.2, 0) is 6.54 Å². The van der Waals surface area contributed by atoms with Crippen molar-refractivity contribution in [2.24, 2.45) is 0 Å². The molecule has 1 fully saturated rings. The molecule has 6 heteroatoms. The van der Waals surface area contributed by atoms with E-state index in [9.17, 15) is 4.79 Å². The highest BCUT2D eigenvalue weighted by molar-refractivity contribution is 5.92. The topological polar surface area (TPSA) is 76.1 Å². The summed E-state index contributed by atoms with van der Waals surface area (Å²) in [6, 6.07) is 9.78. The van der Waals surface area contributed by atoms with Crippen molar-refractivity contribution >= 4 is 11.7 Å². The summed E-state index contributed by atoms with van der Waals surface area (Å²) in [6.07, 6.45) is 2.30. The molecule has 0 saturated heterocycles. The van der Waals surface area contributed by atoms with E-state index >= 15 is 0 Å². The molecule has 1 aliphatic carbocycles. The predicted molar refractivity (Wildman–Crippen MR) is 87.6 cm³/mol. The summed E-state index contributed by atoms with van der Waals surface area (Å²) in [5.41, 5.74) is 1.29. The first kappa shape index (κ1) is 15.3. The largest absolute Gasteiger partial charge is 0.496 e. The van der Waals surface area contributed by atoms with E-state index in [-0.39, 0.29) is 5.91 Å². The Bertz CT molecular complexity index is 713. The van der Waals surface area contributed by atoms with Gasteiger partial charge in [0.15, 0.2) is 0 Å². The molecule has 0 aliphatic heterocycles. The molecule has 0 spiro atoms. The number of anilines is 1. The Morgan fingerprint density at radius 1 is 1.30 bits per heavy atom. The van der Waals surface area contributed by atoms with Crippen LogP contribution in [-0.4, -0.2) is 29.0 Å². The Morgan fingerprint density at radius 3 is 2.83 bits per heavy atom. The molecule has 0 radical (unpaired) electrons. The van der Waals surface area contributed by atoms with E-state index in [0.717, 1.165) is 24.2 Å². The maximum absolute atomic E-state index is 12.4. The zero-order valence-corrected chi connectivity index (χ0v) is 13.3. The number of ether oxygens (including phenoxy) is 1. The Morgan fingerprint density at radius 2 is 2.09 bits per heavy atom. The number of hydrogen-bond acceptors (Lipinski definition) is 5. The second kappa shape index (κ2) is 6.64. The fraction of sp³-hybridized carbons (Fsp3) is 0.353. The molecule has 2 aromatic rings. The Hall–Kier alpha value is -2.63. The van der Waals surface area contributed by atoms with E-state index < -0.39 is 0 Å². The van der Waals surface area contributed by atoms with E-state index in [1.54, 1.807) is 20.1 Å². The predicted octanol–water partition coefficient (Wildman–Crippen LogP) is 2.30. The fourth-order valence-electron chi connectivity index (χ4n) is 2.31. The number of carbonyl (C=O) groups excluding carboxylic acids is 1. The van der Waals surface area contributed by atoms with Crippen molar-refractivity contribution in [3.63, 3.8) is 0 Å². The fourth-order valence-corrected chi connectivity index (χ4v) is 2.31. The zero-order chi connectivity index (χ0) is 16.2. The van der Waals surface area contributed by atoms with Crippen LogP contribution < -0.4 is 15.4 Å². The van der Waals surface area contributed by atoms with Crippen LogP contribution in [0.2, 0.25) is 0 Å². The molecule has 1 amide bonds. The Kier molecular flexibility index (Phi) is 4.41. The Labute approximate surface area is 135 Å². The SMILES string of the molecule is COc1ccccc1CNC(=O)c1cc(NC2CC2)nc(C)n1. The van der Waals surface area contributed by atoms with E-state index in [1.165, 1.54) is 0 Å². The van der Waals surface area contributed by atoms with Crippen LogP contribution in [0, 0.1) is 6.92 Å². The van der Waals surface area contributed by atoms with E-state index in [4.69, 9.17) is 4.74 Å². The van der Waals surface area contributed by atoms with E-state index in [2.05, 4.69) is 20.6 Å². The minimum atomic E-state index is -0.222. The molecule has 3 rings (SSSR count). The molecule has 2 N–H and O–H groups in total. The lowest BCUT2D eigenvalue weighted by atomic mass is 10.2. The molecular formula is C17H20N4O2. The summed E-state index contributed by atoms with van der Waals surface area (Å²) in [5.74, 6) is 1.82. The maximum atomic E-state index is 12.4. The van der Waals surface area contributed by atoms with E-state index in [1.807, 2.05) is 24.3 Å². The van der Waals surface area contributed by atoms with Gasteiger partial charge in [-0.2, -0.15) is 0 Å². The van der Waals surface area contributed by atoms with Gasteiger partial charge in [0.25, 0.3) is 5.91 Å². The van der Waals surface area contributed by atoms with Crippen molar-refractivity contribution < 1.29 is 9.53 Å². The summed E-state index contributed by atoms with van der Waals surface area (Å²) in [7, 11) is 1.62. The highest BCUT2D eigenvalue weighted by Crippen LogP contribution is 2.24. The number of para-hydroxylation sites is 1. The number of nitrogens with zero attached hydrogens (tertiary/aromatic N) is 2. The third kappa shape index (κ3) is 3.97. The molecule has 23 heavy (non-hydrogen) atoms. The van der Waals surface area contributed by atoms with Gasteiger partial charge in [-0.15, -0.1) is 0 Å². The first-order chi connectivity index (χ1) is 11.2. The zero-order valence-electron chi connectivity index (χ0n) is 13.3. The molecule has 6 nitrogen and oxygen atoms in total. The minimum Gasteiger partial charge on any atom is -0.496 e. The standard InChI is InChI=1S/C17H20N4O2/c1-11-19-14(9-16(20-11)21-13-7-8-13)17(22)18-10-12-5-3-4-6-15(12)23-2/h3-6,9,13H,7-8,10H2,1-2H3,(H,18,22)(H,19,20,21). The van der Waals surface area contributed by atoms with Gasteiger partial charge >= 0.3 is 0 Å². The highest BCUT2D eigenvalue weighted by Gasteiger charge is 2.22. The lowest BCUT2D eigenvalue weighted by Gasteiger charge is -2.10. The highest BCUT2D eigenvalue weighted by atomic mass is 16.5. The molecule has 120 valence electrons. The molecular weight excluding hydrogens is 292 g/mol. The van der Waals surface area contributed by atoms with Crippen LogP contribution in [0.4, 0.5) is 5.82 Å². The number of amides is 1. The number of aromatic nitrogens is 2. The van der Waals surface area contributed by atoms with E-state index in [0.29, 0.717) is 29.9 Å². The third-order valence-electron chi connectivity index (χ3n) is 3.63. The summed E-state index contributed by atoms with van der Waals surface area (Å²) in [5, 5.41) is 6.17. The number of methoxy groups -OCH3 is 1. The minimum absolute atomic E-state index is 0.222. The van der Waals surface area contributed by atoms with Crippen LogP contribution in [0.25, 0.3) is 0 Å². The number of hydrogen-bond donors (Lipinski definition) is 2. The van der Waals surface area contributed by atoms with Gasteiger partial charge in [0, 0.05) is 24.2 Å². The average Bonchev–Trinajstić information content (AvgIpc) is 3.36. The van der Waals surface area contributed by atoms with Crippen molar-refractivity contribution in [1.82, 2.24) is 15.3 Å². The van der Waals surface area contributed by atoms with Crippen LogP contribution in [0.3, 0.4) is 0 Å². The lowest BCUT2D eigenvalue weighted by molar-refractivity contribution is 0.0945. The quantitative estimate of drug-likeness (QED) is 0.856. The van der Waals surface area contributed by atoms with Gasteiger partial charge in [-0.05, 0) is 25.8 Å². The number of aryl methyl sites for hydroxylation is 1. The first-order valence-electron chi connectivity index (χ1n) is 7.68. The second-order valence-corrected chi connectivity index (χ2v) is 5.60. The first-order valence-corrected chi connectivity index (χ1v) is 7.68. The summed E-state index contributed by atoms with van der Waals surface area (Å²) < 4.78 is 5.29. The van der Waals surface area contributed by atoms with Gasteiger partial charge in [-0.25, -0.2) is 9.97 Å². The third-order valence-corrected chi connectivity index (χ3v) is 3.63. The summed E-state index contributed by atoms with van der Waals surface area (Å²) in [4.78, 5) is 20.9. The van der Waals surface area contributed by atoms with Crippen molar-refractivity contribution in [3.05, 3.63) is 47.4 Å². The smallest absolute Gasteiger partial charge is 0.270 e. The van der Waals surface area contributed by atoms with Crippen molar-refractivity contribution in [2.75, 3.05) is 12.4 Å². The molecule has 1 aromatic heterocycles. The number of carbonyl (C=O) groups is 1. The molecule has 1 heterocycles. The number of benzene rings is 1. The number of rotatable bonds is 6. The van der Waals surface area contributed by atoms with Crippen molar-refractivity contribution in [1.29, 1.82) is 0 Å². The second-order valence-electron chi connectivity index (χ2n) is 5.60. The number of nitrogens with one attached hydrogen (secondary N) is 2. The molecule has 0 atom stereocenters. The van der Waals surface area contributed by atoms with Crippen LogP contribution >= 0.6 is 0 Å². The maximum Gasteiger partial charge on any atom is 0.270 e. The Balaban J connectivity index is 1.69. The van der Waals surface area contributed by atoms with Gasteiger partial charge < -0.3 is 15.4 Å². The van der Waals surface area contributed by atoms with Gasteiger partial charge in [0.2, 0.25) is 0 Å². The molecule has 1 aromatic carbocycles. The normalized spacial score (nSPS) is 13.5. The van der Waals surface area contributed by atoms with Crippen LogP contribution in [0.1, 0.15) is 34.7 Å². The molecule has 1 saturated carbocycles. The van der Waals surface area contributed by atoms with Gasteiger partial charge in [0.1, 0.15) is 23.1 Å². The lowest BCUT2D eigenvalue weighted by Crippen LogP contribution is -2.24. The summed E-state index contributed by atoms with van der Waals surface area (Å²) >= 11 is 0. The molecule has 1 aliphatic rings. The van der Waals surface area contributed by atoms with Crippen molar-refractivity contribution in [3.8, 4) is 5.75 Å². The van der Waals surface area contributed by atoms with Gasteiger partial charge in [-0.1, -0.05) is 18.2 Å². The summed E-state index contributed by atoms with van der Waals surface area (Å²) in [6.45, 7) is 2.17. The molecule has 0 bridgehead atoms. The monoisotopic (exact) mass is 312 g/mol. The average molecular weight is 312 g/mol. The van der Waals surface area contributed by atoms with Crippen molar-refractivity contribution in [2.45, 2.75) is 32.4 Å². The van der Waals surface area contributed by atoms with Gasteiger partial charge in [0.05, 0.1) is 7.11 Å². The van der Waals surface area contributed by atoms with Crippen LogP contribution in [0.15, 0.2) is 30.3 Å². The molecule has 0 unspecified atom stereocenters.